The van der Waals surface area contributed by atoms with Gasteiger partial charge in [-0.15, -0.1) is 0 Å². The van der Waals surface area contributed by atoms with Gasteiger partial charge in [0, 0.05) is 31.0 Å². The summed E-state index contributed by atoms with van der Waals surface area (Å²) < 4.78 is 1.72. The minimum Gasteiger partial charge on any atom is -0.324 e. The number of carbonyl (C=O) groups is 1. The van der Waals surface area contributed by atoms with Gasteiger partial charge in [0.25, 0.3) is 5.91 Å². The molecule has 1 amide bonds. The van der Waals surface area contributed by atoms with Crippen LogP contribution in [0, 0.1) is 6.92 Å². The summed E-state index contributed by atoms with van der Waals surface area (Å²) >= 11 is 0. The number of anilines is 1. The summed E-state index contributed by atoms with van der Waals surface area (Å²) in [6.45, 7) is 2.60. The van der Waals surface area contributed by atoms with E-state index in [0.29, 0.717) is 12.1 Å². The van der Waals surface area contributed by atoms with Crippen LogP contribution in [0.4, 0.5) is 5.69 Å². The number of hydrogen-bond acceptors (Lipinski definition) is 3. The Morgan fingerprint density at radius 2 is 2.14 bits per heavy atom. The van der Waals surface area contributed by atoms with Gasteiger partial charge in [-0.2, -0.15) is 5.10 Å². The molecule has 2 aromatic rings. The summed E-state index contributed by atoms with van der Waals surface area (Å²) in [7, 11) is 1.85. The molecular formula is C16H20N4O. The standard InChI is InChI=1S/C16H20N4O/c1-11-13(10-18-19(11)2)16(21)20-9-5-7-14(17)12-6-3-4-8-15(12)20/h3-4,6,8,10,14H,5,7,9,17H2,1-2H3. The maximum absolute atomic E-state index is 12.9. The van der Waals surface area contributed by atoms with Crippen molar-refractivity contribution in [1.29, 1.82) is 0 Å². The predicted molar refractivity (Wildman–Crippen MR) is 82.2 cm³/mol. The Balaban J connectivity index is 2.04. The van der Waals surface area contributed by atoms with E-state index in [4.69, 9.17) is 5.73 Å². The zero-order valence-electron chi connectivity index (χ0n) is 12.4. The highest BCUT2D eigenvalue weighted by Crippen LogP contribution is 2.32. The van der Waals surface area contributed by atoms with E-state index in [1.165, 1.54) is 0 Å². The molecule has 2 heterocycles. The summed E-state index contributed by atoms with van der Waals surface area (Å²) in [4.78, 5) is 14.7. The van der Waals surface area contributed by atoms with Gasteiger partial charge in [-0.1, -0.05) is 18.2 Å². The molecule has 3 rings (SSSR count). The van der Waals surface area contributed by atoms with Crippen molar-refractivity contribution in [3.05, 3.63) is 47.3 Å². The Hall–Kier alpha value is -2.14. The second-order valence-corrected chi connectivity index (χ2v) is 5.53. The molecule has 0 fully saturated rings. The summed E-state index contributed by atoms with van der Waals surface area (Å²) in [6, 6.07) is 7.91. The van der Waals surface area contributed by atoms with E-state index >= 15 is 0 Å². The van der Waals surface area contributed by atoms with Gasteiger partial charge in [-0.3, -0.25) is 9.48 Å². The van der Waals surface area contributed by atoms with Gasteiger partial charge in [0.15, 0.2) is 0 Å². The molecule has 1 unspecified atom stereocenters. The second-order valence-electron chi connectivity index (χ2n) is 5.53. The molecule has 5 nitrogen and oxygen atoms in total. The van der Waals surface area contributed by atoms with Gasteiger partial charge < -0.3 is 10.6 Å². The number of aryl methyl sites for hydroxylation is 1. The van der Waals surface area contributed by atoms with Crippen LogP contribution in [0.25, 0.3) is 0 Å². The Morgan fingerprint density at radius 3 is 2.86 bits per heavy atom. The van der Waals surface area contributed by atoms with Gasteiger partial charge in [-0.25, -0.2) is 0 Å². The number of amides is 1. The van der Waals surface area contributed by atoms with E-state index in [1.54, 1.807) is 10.9 Å². The van der Waals surface area contributed by atoms with Crippen molar-refractivity contribution in [3.63, 3.8) is 0 Å². The molecule has 1 aliphatic heterocycles. The lowest BCUT2D eigenvalue weighted by atomic mass is 10.0. The first kappa shape index (κ1) is 13.8. The van der Waals surface area contributed by atoms with Gasteiger partial charge >= 0.3 is 0 Å². The lowest BCUT2D eigenvalue weighted by molar-refractivity contribution is 0.0986. The molecule has 0 saturated carbocycles. The topological polar surface area (TPSA) is 64.2 Å². The maximum Gasteiger partial charge on any atom is 0.261 e. The predicted octanol–water partition coefficient (Wildman–Crippen LogP) is 2.17. The third-order valence-electron chi connectivity index (χ3n) is 4.23. The van der Waals surface area contributed by atoms with Crippen LogP contribution in [-0.4, -0.2) is 22.2 Å². The van der Waals surface area contributed by atoms with Gasteiger partial charge in [0.1, 0.15) is 0 Å². The van der Waals surface area contributed by atoms with Crippen molar-refractivity contribution in [2.75, 3.05) is 11.4 Å². The van der Waals surface area contributed by atoms with Crippen LogP contribution in [0.2, 0.25) is 0 Å². The molecule has 1 aromatic heterocycles. The van der Waals surface area contributed by atoms with Crippen LogP contribution in [0.15, 0.2) is 30.5 Å². The Labute approximate surface area is 124 Å². The fourth-order valence-corrected chi connectivity index (χ4v) is 2.86. The molecule has 21 heavy (non-hydrogen) atoms. The zero-order valence-corrected chi connectivity index (χ0v) is 12.4. The number of nitrogens with zero attached hydrogens (tertiary/aromatic N) is 3. The third-order valence-corrected chi connectivity index (χ3v) is 4.23. The largest absolute Gasteiger partial charge is 0.324 e. The summed E-state index contributed by atoms with van der Waals surface area (Å²) in [6.07, 6.45) is 3.44. The number of aromatic nitrogens is 2. The van der Waals surface area contributed by atoms with Crippen molar-refractivity contribution in [2.24, 2.45) is 12.8 Å². The van der Waals surface area contributed by atoms with Gasteiger partial charge in [-0.05, 0) is 31.4 Å². The molecule has 5 heteroatoms. The van der Waals surface area contributed by atoms with E-state index in [2.05, 4.69) is 5.10 Å². The fraction of sp³-hybridized carbons (Fsp3) is 0.375. The first-order chi connectivity index (χ1) is 10.1. The first-order valence-electron chi connectivity index (χ1n) is 7.24. The molecule has 1 aromatic carbocycles. The average molecular weight is 284 g/mol. The van der Waals surface area contributed by atoms with Crippen molar-refractivity contribution in [1.82, 2.24) is 9.78 Å². The fourth-order valence-electron chi connectivity index (χ4n) is 2.86. The van der Waals surface area contributed by atoms with E-state index in [9.17, 15) is 4.79 Å². The molecule has 0 saturated heterocycles. The molecule has 0 radical (unpaired) electrons. The van der Waals surface area contributed by atoms with E-state index in [-0.39, 0.29) is 11.9 Å². The molecule has 110 valence electrons. The smallest absolute Gasteiger partial charge is 0.261 e. The number of nitrogens with two attached hydrogens (primary N) is 1. The number of benzene rings is 1. The average Bonchev–Trinajstić information content (AvgIpc) is 2.73. The van der Waals surface area contributed by atoms with Crippen molar-refractivity contribution in [3.8, 4) is 0 Å². The van der Waals surface area contributed by atoms with Crippen molar-refractivity contribution < 1.29 is 4.79 Å². The Kier molecular flexibility index (Phi) is 3.51. The SMILES string of the molecule is Cc1c(C(=O)N2CCCC(N)c3ccccc32)cnn1C. The molecular weight excluding hydrogens is 264 g/mol. The molecule has 0 aliphatic carbocycles. The van der Waals surface area contributed by atoms with Crippen molar-refractivity contribution in [2.45, 2.75) is 25.8 Å². The summed E-state index contributed by atoms with van der Waals surface area (Å²) in [5.41, 5.74) is 9.74. The Bertz CT molecular complexity index is 677. The minimum absolute atomic E-state index is 0.00199. The van der Waals surface area contributed by atoms with E-state index in [1.807, 2.05) is 43.1 Å². The third kappa shape index (κ3) is 2.34. The molecule has 1 aliphatic rings. The second kappa shape index (κ2) is 5.33. The van der Waals surface area contributed by atoms with Crippen LogP contribution in [-0.2, 0) is 7.05 Å². The van der Waals surface area contributed by atoms with E-state index in [0.717, 1.165) is 29.8 Å². The van der Waals surface area contributed by atoms with Crippen LogP contribution >= 0.6 is 0 Å². The monoisotopic (exact) mass is 284 g/mol. The number of rotatable bonds is 1. The minimum atomic E-state index is -0.00556. The van der Waals surface area contributed by atoms with Gasteiger partial charge in [0.2, 0.25) is 0 Å². The van der Waals surface area contributed by atoms with Gasteiger partial charge in [0.05, 0.1) is 11.8 Å². The molecule has 0 bridgehead atoms. The first-order valence-corrected chi connectivity index (χ1v) is 7.24. The highest BCUT2D eigenvalue weighted by atomic mass is 16.2. The number of para-hydroxylation sites is 1. The molecule has 1 atom stereocenters. The summed E-state index contributed by atoms with van der Waals surface area (Å²) in [5.74, 6) is 0.00199. The number of hydrogen-bond donors (Lipinski definition) is 1. The lowest BCUT2D eigenvalue weighted by Gasteiger charge is -2.23. The quantitative estimate of drug-likeness (QED) is 0.873. The highest BCUT2D eigenvalue weighted by Gasteiger charge is 2.27. The lowest BCUT2D eigenvalue weighted by Crippen LogP contribution is -2.32. The Morgan fingerprint density at radius 1 is 1.38 bits per heavy atom. The number of fused-ring (bicyclic) bond motifs is 1. The van der Waals surface area contributed by atoms with E-state index < -0.39 is 0 Å². The zero-order chi connectivity index (χ0) is 15.0. The molecule has 0 spiro atoms. The normalized spacial score (nSPS) is 18.2. The van der Waals surface area contributed by atoms with Crippen LogP contribution < -0.4 is 10.6 Å². The maximum atomic E-state index is 12.9. The van der Waals surface area contributed by atoms with Crippen LogP contribution in [0.3, 0.4) is 0 Å². The van der Waals surface area contributed by atoms with Crippen LogP contribution in [0.1, 0.15) is 40.5 Å². The van der Waals surface area contributed by atoms with Crippen LogP contribution in [0.5, 0.6) is 0 Å². The summed E-state index contributed by atoms with van der Waals surface area (Å²) in [5, 5.41) is 4.17. The van der Waals surface area contributed by atoms with Crippen molar-refractivity contribution >= 4 is 11.6 Å². The molecule has 2 N–H and O–H groups in total. The highest BCUT2D eigenvalue weighted by molar-refractivity contribution is 6.07. The number of carbonyl (C=O) groups excluding carboxylic acids is 1.